The van der Waals surface area contributed by atoms with E-state index in [1.54, 1.807) is 29.2 Å². The second-order valence-electron chi connectivity index (χ2n) is 8.73. The highest BCUT2D eigenvalue weighted by atomic mass is 35.5. The van der Waals surface area contributed by atoms with Crippen molar-refractivity contribution in [3.63, 3.8) is 0 Å². The zero-order valence-electron chi connectivity index (χ0n) is 19.0. The first kappa shape index (κ1) is 24.6. The van der Waals surface area contributed by atoms with Crippen LogP contribution >= 0.6 is 11.6 Å². The molecule has 176 valence electrons. The van der Waals surface area contributed by atoms with Gasteiger partial charge < -0.3 is 20.9 Å². The molecule has 0 radical (unpaired) electrons. The van der Waals surface area contributed by atoms with Crippen molar-refractivity contribution in [2.75, 3.05) is 18.4 Å². The number of carbonyl (C=O) groups is 3. The van der Waals surface area contributed by atoms with Crippen molar-refractivity contribution in [1.82, 2.24) is 15.5 Å². The van der Waals surface area contributed by atoms with Crippen LogP contribution in [0.25, 0.3) is 0 Å². The van der Waals surface area contributed by atoms with E-state index in [2.05, 4.69) is 16.0 Å². The lowest BCUT2D eigenvalue weighted by Gasteiger charge is -2.35. The molecule has 1 unspecified atom stereocenters. The first-order valence-corrected chi connectivity index (χ1v) is 11.7. The number of nitrogens with zero attached hydrogens (tertiary/aromatic N) is 1. The monoisotopic (exact) mass is 470 g/mol. The third-order valence-electron chi connectivity index (χ3n) is 5.59. The van der Waals surface area contributed by atoms with E-state index in [-0.39, 0.29) is 29.8 Å². The minimum atomic E-state index is -0.598. The van der Waals surface area contributed by atoms with Gasteiger partial charge in [-0.1, -0.05) is 43.6 Å². The van der Waals surface area contributed by atoms with Crippen molar-refractivity contribution < 1.29 is 14.4 Å². The molecule has 0 saturated carbocycles. The second kappa shape index (κ2) is 11.7. The van der Waals surface area contributed by atoms with E-state index < -0.39 is 6.04 Å². The Morgan fingerprint density at radius 3 is 2.24 bits per heavy atom. The Labute approximate surface area is 199 Å². The van der Waals surface area contributed by atoms with E-state index in [0.717, 1.165) is 5.69 Å². The highest BCUT2D eigenvalue weighted by Gasteiger charge is 2.30. The van der Waals surface area contributed by atoms with E-state index in [9.17, 15) is 14.4 Å². The van der Waals surface area contributed by atoms with Crippen LogP contribution in [0.4, 0.5) is 10.5 Å². The van der Waals surface area contributed by atoms with Crippen molar-refractivity contribution in [3.8, 4) is 0 Å². The van der Waals surface area contributed by atoms with Gasteiger partial charge in [0.1, 0.15) is 6.04 Å². The lowest BCUT2D eigenvalue weighted by atomic mass is 9.99. The normalized spacial score (nSPS) is 15.1. The Hall–Kier alpha value is -3.06. The molecule has 0 aliphatic carbocycles. The van der Waals surface area contributed by atoms with Crippen LogP contribution in [0, 0.1) is 5.92 Å². The van der Waals surface area contributed by atoms with Crippen LogP contribution in [-0.4, -0.2) is 47.9 Å². The molecule has 8 heteroatoms. The van der Waals surface area contributed by atoms with Crippen LogP contribution in [0.3, 0.4) is 0 Å². The highest BCUT2D eigenvalue weighted by molar-refractivity contribution is 6.30. The zero-order valence-corrected chi connectivity index (χ0v) is 19.8. The molecule has 0 bridgehead atoms. The molecule has 1 saturated heterocycles. The standard InChI is InChI=1S/C25H31ClN4O3/c1-17(2)16-22(29-23(31)18-8-10-19(26)11-9-18)24(32)30-14-12-21(13-15-30)28-25(33)27-20-6-4-3-5-7-20/h3-11,17,21-22H,12-16H2,1-2H3,(H,29,31)(H2,27,28,33). The number of hydrogen-bond acceptors (Lipinski definition) is 3. The van der Waals surface area contributed by atoms with E-state index in [1.807, 2.05) is 44.2 Å². The molecule has 2 aromatic rings. The first-order valence-electron chi connectivity index (χ1n) is 11.3. The molecule has 4 amide bonds. The van der Waals surface area contributed by atoms with E-state index in [1.165, 1.54) is 0 Å². The lowest BCUT2D eigenvalue weighted by molar-refractivity contribution is -0.134. The van der Waals surface area contributed by atoms with Gasteiger partial charge in [-0.25, -0.2) is 4.79 Å². The molecule has 3 N–H and O–H groups in total. The van der Waals surface area contributed by atoms with Gasteiger partial charge >= 0.3 is 6.03 Å². The van der Waals surface area contributed by atoms with Gasteiger partial charge in [0.25, 0.3) is 5.91 Å². The number of carbonyl (C=O) groups excluding carboxylic acids is 3. The maximum atomic E-state index is 13.2. The van der Waals surface area contributed by atoms with E-state index in [4.69, 9.17) is 11.6 Å². The summed E-state index contributed by atoms with van der Waals surface area (Å²) in [6, 6.07) is 15.0. The fourth-order valence-electron chi connectivity index (χ4n) is 3.87. The van der Waals surface area contributed by atoms with Gasteiger partial charge in [0.2, 0.25) is 5.91 Å². The molecule has 1 aliphatic rings. The SMILES string of the molecule is CC(C)CC(NC(=O)c1ccc(Cl)cc1)C(=O)N1CCC(NC(=O)Nc2ccccc2)CC1. The van der Waals surface area contributed by atoms with Gasteiger partial charge in [0.15, 0.2) is 0 Å². The Morgan fingerprint density at radius 2 is 1.64 bits per heavy atom. The molecule has 33 heavy (non-hydrogen) atoms. The average Bonchev–Trinajstić information content (AvgIpc) is 2.79. The van der Waals surface area contributed by atoms with Gasteiger partial charge in [0.05, 0.1) is 0 Å². The third kappa shape index (κ3) is 7.49. The van der Waals surface area contributed by atoms with Crippen LogP contribution in [0.2, 0.25) is 5.02 Å². The van der Waals surface area contributed by atoms with Crippen LogP contribution in [0.1, 0.15) is 43.5 Å². The first-order chi connectivity index (χ1) is 15.8. The quantitative estimate of drug-likeness (QED) is 0.563. The van der Waals surface area contributed by atoms with Crippen molar-refractivity contribution in [1.29, 1.82) is 0 Å². The van der Waals surface area contributed by atoms with Crippen LogP contribution in [0.5, 0.6) is 0 Å². The van der Waals surface area contributed by atoms with E-state index >= 15 is 0 Å². The molecule has 1 atom stereocenters. The maximum Gasteiger partial charge on any atom is 0.319 e. The van der Waals surface area contributed by atoms with E-state index in [0.29, 0.717) is 42.9 Å². The number of benzene rings is 2. The topological polar surface area (TPSA) is 90.5 Å². The summed E-state index contributed by atoms with van der Waals surface area (Å²) < 4.78 is 0. The molecule has 2 aromatic carbocycles. The number of amides is 4. The fourth-order valence-corrected chi connectivity index (χ4v) is 4.00. The highest BCUT2D eigenvalue weighted by Crippen LogP contribution is 2.16. The summed E-state index contributed by atoms with van der Waals surface area (Å²) >= 11 is 5.90. The van der Waals surface area contributed by atoms with Gasteiger partial charge in [-0.05, 0) is 61.6 Å². The largest absolute Gasteiger partial charge is 0.341 e. The number of piperidine rings is 1. The van der Waals surface area contributed by atoms with Crippen LogP contribution < -0.4 is 16.0 Å². The molecule has 1 fully saturated rings. The van der Waals surface area contributed by atoms with Crippen LogP contribution in [-0.2, 0) is 4.79 Å². The number of urea groups is 1. The minimum absolute atomic E-state index is 0.00929. The molecule has 7 nitrogen and oxygen atoms in total. The summed E-state index contributed by atoms with van der Waals surface area (Å²) in [5, 5.41) is 9.25. The Balaban J connectivity index is 1.53. The maximum absolute atomic E-state index is 13.2. The minimum Gasteiger partial charge on any atom is -0.341 e. The van der Waals surface area contributed by atoms with Crippen molar-refractivity contribution in [3.05, 3.63) is 65.2 Å². The number of likely N-dealkylation sites (tertiary alicyclic amines) is 1. The molecule has 0 spiro atoms. The van der Waals surface area contributed by atoms with Gasteiger partial charge in [-0.2, -0.15) is 0 Å². The van der Waals surface area contributed by atoms with Crippen molar-refractivity contribution >= 4 is 35.1 Å². The van der Waals surface area contributed by atoms with Gasteiger partial charge in [0, 0.05) is 35.4 Å². The predicted octanol–water partition coefficient (Wildman–Crippen LogP) is 4.30. The predicted molar refractivity (Wildman–Crippen MR) is 130 cm³/mol. The summed E-state index contributed by atoms with van der Waals surface area (Å²) in [7, 11) is 0. The number of anilines is 1. The number of nitrogens with one attached hydrogen (secondary N) is 3. The molecule has 1 aliphatic heterocycles. The van der Waals surface area contributed by atoms with Crippen LogP contribution in [0.15, 0.2) is 54.6 Å². The molecular formula is C25H31ClN4O3. The number of para-hydroxylation sites is 1. The lowest BCUT2D eigenvalue weighted by Crippen LogP contribution is -2.53. The molecule has 1 heterocycles. The average molecular weight is 471 g/mol. The third-order valence-corrected chi connectivity index (χ3v) is 5.84. The summed E-state index contributed by atoms with van der Waals surface area (Å²) in [6.07, 6.45) is 1.87. The van der Waals surface area contributed by atoms with Gasteiger partial charge in [-0.15, -0.1) is 0 Å². The second-order valence-corrected chi connectivity index (χ2v) is 9.16. The fraction of sp³-hybridized carbons (Fsp3) is 0.400. The molecule has 0 aromatic heterocycles. The van der Waals surface area contributed by atoms with Crippen molar-refractivity contribution in [2.24, 2.45) is 5.92 Å². The summed E-state index contributed by atoms with van der Waals surface area (Å²) in [6.45, 7) is 5.10. The zero-order chi connectivity index (χ0) is 23.8. The number of rotatable bonds is 7. The summed E-state index contributed by atoms with van der Waals surface area (Å²) in [5.41, 5.74) is 1.20. The van der Waals surface area contributed by atoms with Gasteiger partial charge in [-0.3, -0.25) is 9.59 Å². The number of hydrogen-bond donors (Lipinski definition) is 3. The summed E-state index contributed by atoms with van der Waals surface area (Å²) in [5.74, 6) is -0.136. The summed E-state index contributed by atoms with van der Waals surface area (Å²) in [4.78, 5) is 39.9. The Morgan fingerprint density at radius 1 is 1.00 bits per heavy atom. The smallest absolute Gasteiger partial charge is 0.319 e. The molecular weight excluding hydrogens is 440 g/mol. The molecule has 3 rings (SSSR count). The van der Waals surface area contributed by atoms with Crippen molar-refractivity contribution in [2.45, 2.75) is 45.2 Å². The number of halogens is 1. The Kier molecular flexibility index (Phi) is 8.72. The Bertz CT molecular complexity index is 942.